The van der Waals surface area contributed by atoms with Crippen molar-refractivity contribution in [3.63, 3.8) is 0 Å². The van der Waals surface area contributed by atoms with E-state index < -0.39 is 20.0 Å². The Balaban J connectivity index is 1.92. The van der Waals surface area contributed by atoms with Crippen molar-refractivity contribution < 1.29 is 26.1 Å². The van der Waals surface area contributed by atoms with Gasteiger partial charge in [0.1, 0.15) is 11.5 Å². The standard InChI is InChI=1S/C12H12BN2O6S2/c14-22(16,17)11-5-1-9(2-6-11)20-13-21-10-3-7-12(8-4-10)23(15,18)19/h1-8H,(H2,14,16,17)(H2,15,18,19). The summed E-state index contributed by atoms with van der Waals surface area (Å²) in [6.07, 6.45) is 0. The van der Waals surface area contributed by atoms with Gasteiger partial charge in [-0.1, -0.05) is 0 Å². The number of nitrogens with two attached hydrogens (primary N) is 2. The van der Waals surface area contributed by atoms with Crippen LogP contribution in [-0.4, -0.2) is 24.5 Å². The third-order valence-electron chi connectivity index (χ3n) is 2.67. The highest BCUT2D eigenvalue weighted by Crippen LogP contribution is 2.16. The molecule has 2 rings (SSSR count). The fourth-order valence-electron chi connectivity index (χ4n) is 1.55. The normalized spacial score (nSPS) is 11.7. The molecule has 0 aliphatic rings. The lowest BCUT2D eigenvalue weighted by atomic mass is 10.3. The summed E-state index contributed by atoms with van der Waals surface area (Å²) in [5.74, 6) is 0.664. The van der Waals surface area contributed by atoms with Gasteiger partial charge in [-0.2, -0.15) is 0 Å². The maximum absolute atomic E-state index is 11.1. The van der Waals surface area contributed by atoms with Gasteiger partial charge in [0.2, 0.25) is 20.0 Å². The third-order valence-corrected chi connectivity index (χ3v) is 4.53. The van der Waals surface area contributed by atoms with Crippen molar-refractivity contribution in [2.45, 2.75) is 9.79 Å². The molecule has 0 bridgehead atoms. The fourth-order valence-corrected chi connectivity index (χ4v) is 2.58. The Hall–Kier alpha value is -2.08. The predicted octanol–water partition coefficient (Wildman–Crippen LogP) is -0.0266. The number of rotatable bonds is 6. The number of benzene rings is 2. The second-order valence-electron chi connectivity index (χ2n) is 4.36. The van der Waals surface area contributed by atoms with E-state index in [0.717, 1.165) is 7.69 Å². The topological polar surface area (TPSA) is 139 Å². The van der Waals surface area contributed by atoms with E-state index in [4.69, 9.17) is 19.6 Å². The van der Waals surface area contributed by atoms with E-state index in [2.05, 4.69) is 0 Å². The molecular formula is C12H12BN2O6S2. The molecule has 0 aliphatic carbocycles. The van der Waals surface area contributed by atoms with E-state index in [1.165, 1.54) is 48.5 Å². The SMILES string of the molecule is NS(=O)(=O)c1ccc(O[B]Oc2ccc(S(N)(=O)=O)cc2)cc1. The largest absolute Gasteiger partial charge is 0.658 e. The number of hydrogen-bond donors (Lipinski definition) is 2. The summed E-state index contributed by atoms with van der Waals surface area (Å²) in [7, 11) is -6.50. The van der Waals surface area contributed by atoms with Gasteiger partial charge in [-0.25, -0.2) is 27.1 Å². The smallest absolute Gasteiger partial charge is 0.526 e. The Morgan fingerprint density at radius 2 is 0.957 bits per heavy atom. The van der Waals surface area contributed by atoms with Crippen molar-refractivity contribution in [3.05, 3.63) is 48.5 Å². The highest BCUT2D eigenvalue weighted by molar-refractivity contribution is 7.89. The summed E-state index contributed by atoms with van der Waals surface area (Å²) in [5, 5.41) is 9.95. The molecule has 8 nitrogen and oxygen atoms in total. The van der Waals surface area contributed by atoms with Crippen LogP contribution in [0.1, 0.15) is 0 Å². The van der Waals surface area contributed by atoms with E-state index in [0.29, 0.717) is 11.5 Å². The van der Waals surface area contributed by atoms with Crippen LogP contribution < -0.4 is 19.6 Å². The van der Waals surface area contributed by atoms with Gasteiger partial charge < -0.3 is 9.31 Å². The van der Waals surface area contributed by atoms with Gasteiger partial charge in [-0.05, 0) is 48.5 Å². The minimum Gasteiger partial charge on any atom is -0.526 e. The number of primary sulfonamides is 2. The van der Waals surface area contributed by atoms with Crippen molar-refractivity contribution in [1.29, 1.82) is 0 Å². The average Bonchev–Trinajstić information content (AvgIpc) is 2.46. The fraction of sp³-hybridized carbons (Fsp3) is 0. The van der Waals surface area contributed by atoms with Crippen LogP contribution in [0, 0.1) is 0 Å². The van der Waals surface area contributed by atoms with Crippen LogP contribution in [0.3, 0.4) is 0 Å². The molecule has 2 aromatic carbocycles. The zero-order valence-electron chi connectivity index (χ0n) is 11.6. The molecule has 121 valence electrons. The zero-order valence-corrected chi connectivity index (χ0v) is 13.2. The van der Waals surface area contributed by atoms with E-state index in [1.807, 2.05) is 0 Å². The molecule has 11 heteroatoms. The first kappa shape index (κ1) is 17.3. The Bertz CT molecular complexity index is 805. The Morgan fingerprint density at radius 3 is 1.22 bits per heavy atom. The molecule has 0 saturated carbocycles. The first-order valence-corrected chi connectivity index (χ1v) is 9.16. The van der Waals surface area contributed by atoms with Crippen LogP contribution in [0.5, 0.6) is 11.5 Å². The zero-order chi connectivity index (χ0) is 17.1. The molecule has 23 heavy (non-hydrogen) atoms. The lowest BCUT2D eigenvalue weighted by Gasteiger charge is -2.07. The van der Waals surface area contributed by atoms with Crippen LogP contribution in [0.4, 0.5) is 0 Å². The minimum atomic E-state index is -3.76. The lowest BCUT2D eigenvalue weighted by Crippen LogP contribution is -2.13. The van der Waals surface area contributed by atoms with Gasteiger partial charge in [0.05, 0.1) is 9.79 Å². The average molecular weight is 355 g/mol. The summed E-state index contributed by atoms with van der Waals surface area (Å²) in [6.45, 7) is 0. The van der Waals surface area contributed by atoms with Crippen LogP contribution in [-0.2, 0) is 20.0 Å². The third kappa shape index (κ3) is 4.96. The molecule has 0 amide bonds. The van der Waals surface area contributed by atoms with Crippen LogP contribution in [0.2, 0.25) is 0 Å². The molecule has 0 aromatic heterocycles. The highest BCUT2D eigenvalue weighted by Gasteiger charge is 2.09. The first-order valence-electron chi connectivity index (χ1n) is 6.07. The molecule has 0 aliphatic heterocycles. The van der Waals surface area contributed by atoms with Gasteiger partial charge >= 0.3 is 7.69 Å². The molecule has 0 saturated heterocycles. The first-order chi connectivity index (χ1) is 10.7. The molecule has 4 N–H and O–H groups in total. The van der Waals surface area contributed by atoms with Gasteiger partial charge in [0.25, 0.3) is 0 Å². The van der Waals surface area contributed by atoms with Gasteiger partial charge in [-0.3, -0.25) is 0 Å². The van der Waals surface area contributed by atoms with E-state index in [-0.39, 0.29) is 9.79 Å². The molecule has 2 aromatic rings. The van der Waals surface area contributed by atoms with Crippen molar-refractivity contribution in [3.8, 4) is 11.5 Å². The molecule has 0 heterocycles. The summed E-state index contributed by atoms with van der Waals surface area (Å²) in [6, 6.07) is 10.8. The molecule has 0 fully saturated rings. The molecule has 1 radical (unpaired) electrons. The summed E-state index contributed by atoms with van der Waals surface area (Å²) >= 11 is 0. The Morgan fingerprint density at radius 1 is 0.652 bits per heavy atom. The van der Waals surface area contributed by atoms with E-state index in [1.54, 1.807) is 0 Å². The quantitative estimate of drug-likeness (QED) is 0.698. The van der Waals surface area contributed by atoms with Crippen LogP contribution >= 0.6 is 0 Å². The molecule has 0 spiro atoms. The maximum atomic E-state index is 11.1. The summed E-state index contributed by atoms with van der Waals surface area (Å²) in [4.78, 5) is -0.0753. The highest BCUT2D eigenvalue weighted by atomic mass is 32.2. The van der Waals surface area contributed by atoms with Gasteiger partial charge in [0, 0.05) is 0 Å². The maximum Gasteiger partial charge on any atom is 0.658 e. The molecule has 0 atom stereocenters. The van der Waals surface area contributed by atoms with Crippen molar-refractivity contribution in [2.75, 3.05) is 0 Å². The Kier molecular flexibility index (Phi) is 4.95. The minimum absolute atomic E-state index is 0.0376. The second kappa shape index (κ2) is 6.58. The predicted molar refractivity (Wildman–Crippen MR) is 82.6 cm³/mol. The Labute approximate surface area is 134 Å². The number of sulfonamides is 2. The van der Waals surface area contributed by atoms with Crippen molar-refractivity contribution in [1.82, 2.24) is 0 Å². The second-order valence-corrected chi connectivity index (χ2v) is 7.49. The van der Waals surface area contributed by atoms with Crippen molar-refractivity contribution >= 4 is 27.7 Å². The lowest BCUT2D eigenvalue weighted by molar-refractivity contribution is 0.458. The van der Waals surface area contributed by atoms with E-state index in [9.17, 15) is 16.8 Å². The number of hydrogen-bond acceptors (Lipinski definition) is 6. The van der Waals surface area contributed by atoms with E-state index >= 15 is 0 Å². The summed E-state index contributed by atoms with van der Waals surface area (Å²) in [5.41, 5.74) is 0. The molecular weight excluding hydrogens is 343 g/mol. The monoisotopic (exact) mass is 355 g/mol. The summed E-state index contributed by atoms with van der Waals surface area (Å²) < 4.78 is 54.7. The molecule has 0 unspecified atom stereocenters. The van der Waals surface area contributed by atoms with Gasteiger partial charge in [0.15, 0.2) is 0 Å². The van der Waals surface area contributed by atoms with Crippen molar-refractivity contribution in [2.24, 2.45) is 10.3 Å². The van der Waals surface area contributed by atoms with Gasteiger partial charge in [-0.15, -0.1) is 0 Å². The van der Waals surface area contributed by atoms with Crippen LogP contribution in [0.15, 0.2) is 58.3 Å². The van der Waals surface area contributed by atoms with Crippen LogP contribution in [0.25, 0.3) is 0 Å².